The highest BCUT2D eigenvalue weighted by Gasteiger charge is 2.70. The van der Waals surface area contributed by atoms with Gasteiger partial charge in [0.15, 0.2) is 5.78 Å². The lowest BCUT2D eigenvalue weighted by Gasteiger charge is -2.36. The Labute approximate surface area is 209 Å². The van der Waals surface area contributed by atoms with E-state index in [2.05, 4.69) is 5.32 Å². The van der Waals surface area contributed by atoms with E-state index < -0.39 is 47.1 Å². The van der Waals surface area contributed by atoms with E-state index in [4.69, 9.17) is 0 Å². The zero-order valence-electron chi connectivity index (χ0n) is 20.4. The van der Waals surface area contributed by atoms with E-state index in [-0.39, 0.29) is 5.78 Å². The van der Waals surface area contributed by atoms with Gasteiger partial charge in [-0.15, -0.1) is 0 Å². The largest absolute Gasteiger partial charge is 0.480 e. The summed E-state index contributed by atoms with van der Waals surface area (Å²) in [6.45, 7) is 5.14. The molecular formula is C29H28N2O5. The van der Waals surface area contributed by atoms with Crippen LogP contribution in [0, 0.1) is 17.8 Å². The fraction of sp³-hybridized carbons (Fsp3) is 0.310. The number of hydrogen-bond acceptors (Lipinski definition) is 5. The van der Waals surface area contributed by atoms with Gasteiger partial charge in [0.1, 0.15) is 5.54 Å². The average molecular weight is 485 g/mol. The first kappa shape index (κ1) is 23.9. The van der Waals surface area contributed by atoms with Gasteiger partial charge < -0.3 is 5.11 Å². The third kappa shape index (κ3) is 3.30. The van der Waals surface area contributed by atoms with Crippen LogP contribution in [0.15, 0.2) is 66.7 Å². The Bertz CT molecular complexity index is 1390. The van der Waals surface area contributed by atoms with Crippen molar-refractivity contribution in [3.63, 3.8) is 0 Å². The summed E-state index contributed by atoms with van der Waals surface area (Å²) in [6.07, 6.45) is 0.513. The van der Waals surface area contributed by atoms with Gasteiger partial charge >= 0.3 is 5.97 Å². The number of carboxylic acid groups (broad SMARTS) is 1. The first-order valence-corrected chi connectivity index (χ1v) is 12.2. The number of imide groups is 1. The molecule has 2 fully saturated rings. The number of Topliss-reactive ketones (excluding diaryl/α,β-unsaturated/α-hetero) is 1. The monoisotopic (exact) mass is 484 g/mol. The van der Waals surface area contributed by atoms with Crippen LogP contribution in [0.5, 0.6) is 0 Å². The summed E-state index contributed by atoms with van der Waals surface area (Å²) in [4.78, 5) is 53.7. The van der Waals surface area contributed by atoms with Crippen LogP contribution in [0.1, 0.15) is 49.2 Å². The maximum atomic E-state index is 14.0. The van der Waals surface area contributed by atoms with Crippen molar-refractivity contribution in [2.45, 2.75) is 38.8 Å². The second-order valence-corrected chi connectivity index (χ2v) is 9.79. The Morgan fingerprint density at radius 2 is 1.67 bits per heavy atom. The van der Waals surface area contributed by atoms with E-state index in [9.17, 15) is 24.3 Å². The molecule has 3 aromatic rings. The minimum Gasteiger partial charge on any atom is -0.480 e. The standard InChI is InChI=1S/C29H28N2O5/c1-4-16(2)29(28(35)36)24-23(25(30-29)22-11-7-9-19-8-5-6-10-21(19)22)26(33)31(27(24)34)20-14-12-18(13-15-20)17(3)32/h5-16,23-25,30H,4H2,1-3H3,(H,35,36). The molecule has 2 N–H and O–H groups in total. The number of amides is 2. The van der Waals surface area contributed by atoms with Gasteiger partial charge in [-0.3, -0.25) is 24.5 Å². The van der Waals surface area contributed by atoms with Gasteiger partial charge in [0.05, 0.1) is 17.5 Å². The van der Waals surface area contributed by atoms with Crippen LogP contribution in [0.3, 0.4) is 0 Å². The predicted molar refractivity (Wildman–Crippen MR) is 136 cm³/mol. The number of aliphatic carboxylic acids is 1. The van der Waals surface area contributed by atoms with Gasteiger partial charge in [0.25, 0.3) is 0 Å². The van der Waals surface area contributed by atoms with Crippen molar-refractivity contribution in [3.05, 3.63) is 77.9 Å². The van der Waals surface area contributed by atoms with Crippen LogP contribution in [0.2, 0.25) is 0 Å². The van der Waals surface area contributed by atoms with Crippen LogP contribution >= 0.6 is 0 Å². The molecule has 5 rings (SSSR count). The Morgan fingerprint density at radius 3 is 2.31 bits per heavy atom. The van der Waals surface area contributed by atoms with E-state index in [1.807, 2.05) is 56.3 Å². The average Bonchev–Trinajstić information content (AvgIpc) is 3.37. The molecule has 36 heavy (non-hydrogen) atoms. The number of anilines is 1. The van der Waals surface area contributed by atoms with Crippen LogP contribution in [0.4, 0.5) is 5.69 Å². The summed E-state index contributed by atoms with van der Waals surface area (Å²) in [5.41, 5.74) is -0.0104. The zero-order valence-corrected chi connectivity index (χ0v) is 20.4. The highest BCUT2D eigenvalue weighted by molar-refractivity contribution is 6.24. The number of carbonyl (C=O) groups excluding carboxylic acids is 3. The van der Waals surface area contributed by atoms with Crippen LogP contribution in [-0.4, -0.2) is 34.2 Å². The number of nitrogens with one attached hydrogen (secondary N) is 1. The summed E-state index contributed by atoms with van der Waals surface area (Å²) in [7, 11) is 0. The van der Waals surface area contributed by atoms with Crippen LogP contribution in [-0.2, 0) is 14.4 Å². The molecule has 7 nitrogen and oxygen atoms in total. The molecule has 0 radical (unpaired) electrons. The van der Waals surface area contributed by atoms with Crippen LogP contribution in [0.25, 0.3) is 10.8 Å². The maximum Gasteiger partial charge on any atom is 0.325 e. The van der Waals surface area contributed by atoms with Crippen molar-refractivity contribution in [1.29, 1.82) is 0 Å². The third-order valence-electron chi connectivity index (χ3n) is 8.03. The van der Waals surface area contributed by atoms with Crippen LogP contribution < -0.4 is 10.2 Å². The summed E-state index contributed by atoms with van der Waals surface area (Å²) in [6, 6.07) is 19.1. The molecular weight excluding hydrogens is 456 g/mol. The Kier molecular flexibility index (Phi) is 5.75. The van der Waals surface area contributed by atoms with Crippen molar-refractivity contribution >= 4 is 40.0 Å². The van der Waals surface area contributed by atoms with Crippen molar-refractivity contribution < 1.29 is 24.3 Å². The van der Waals surface area contributed by atoms with Crippen molar-refractivity contribution in [2.75, 3.05) is 4.90 Å². The lowest BCUT2D eigenvalue weighted by Crippen LogP contribution is -2.59. The number of carboxylic acids is 1. The number of hydrogen-bond donors (Lipinski definition) is 2. The minimum absolute atomic E-state index is 0.126. The fourth-order valence-electron chi connectivity index (χ4n) is 6.01. The quantitative estimate of drug-likeness (QED) is 0.398. The highest BCUT2D eigenvalue weighted by Crippen LogP contribution is 2.53. The molecule has 0 saturated carbocycles. The van der Waals surface area contributed by atoms with E-state index in [0.29, 0.717) is 17.7 Å². The molecule has 0 bridgehead atoms. The maximum absolute atomic E-state index is 14.0. The second kappa shape index (κ2) is 8.68. The van der Waals surface area contributed by atoms with E-state index >= 15 is 0 Å². The minimum atomic E-state index is -1.61. The van der Waals surface area contributed by atoms with E-state index in [1.165, 1.54) is 6.92 Å². The lowest BCUT2D eigenvalue weighted by molar-refractivity contribution is -0.151. The topological polar surface area (TPSA) is 104 Å². The number of carbonyl (C=O) groups is 4. The predicted octanol–water partition coefficient (Wildman–Crippen LogP) is 4.36. The third-order valence-corrected chi connectivity index (χ3v) is 8.03. The van der Waals surface area contributed by atoms with Gasteiger partial charge in [-0.2, -0.15) is 0 Å². The first-order valence-electron chi connectivity index (χ1n) is 12.2. The van der Waals surface area contributed by atoms with Crippen molar-refractivity contribution in [3.8, 4) is 0 Å². The molecule has 5 atom stereocenters. The molecule has 7 heteroatoms. The van der Waals surface area contributed by atoms with Crippen molar-refractivity contribution in [2.24, 2.45) is 17.8 Å². The fourth-order valence-corrected chi connectivity index (χ4v) is 6.01. The zero-order chi connectivity index (χ0) is 25.8. The smallest absolute Gasteiger partial charge is 0.325 e. The number of rotatable bonds is 6. The molecule has 0 aliphatic carbocycles. The van der Waals surface area contributed by atoms with Gasteiger partial charge in [-0.25, -0.2) is 4.90 Å². The molecule has 184 valence electrons. The molecule has 2 saturated heterocycles. The molecule has 2 aliphatic heterocycles. The van der Waals surface area contributed by atoms with E-state index in [1.54, 1.807) is 24.3 Å². The second-order valence-electron chi connectivity index (χ2n) is 9.79. The molecule has 2 amide bonds. The molecule has 0 spiro atoms. The molecule has 2 heterocycles. The Balaban J connectivity index is 1.69. The SMILES string of the molecule is CCC(C)C1(C(=O)O)NC(c2cccc3ccccc23)C2C(=O)N(c3ccc(C(C)=O)cc3)C(=O)C21. The number of nitrogens with zero attached hydrogens (tertiary/aromatic N) is 1. The first-order chi connectivity index (χ1) is 17.2. The summed E-state index contributed by atoms with van der Waals surface area (Å²) >= 11 is 0. The molecule has 5 unspecified atom stereocenters. The summed E-state index contributed by atoms with van der Waals surface area (Å²) < 4.78 is 0. The molecule has 3 aromatic carbocycles. The Morgan fingerprint density at radius 1 is 1.00 bits per heavy atom. The number of ketones is 1. The van der Waals surface area contributed by atoms with Gasteiger partial charge in [-0.1, -0.05) is 62.7 Å². The number of fused-ring (bicyclic) bond motifs is 2. The normalized spacial score (nSPS) is 26.3. The van der Waals surface area contributed by atoms with Crippen molar-refractivity contribution in [1.82, 2.24) is 5.32 Å². The Hall–Kier alpha value is -3.84. The molecule has 0 aromatic heterocycles. The summed E-state index contributed by atoms with van der Waals surface area (Å²) in [5.74, 6) is -4.60. The number of benzene rings is 3. The lowest BCUT2D eigenvalue weighted by atomic mass is 9.71. The summed E-state index contributed by atoms with van der Waals surface area (Å²) in [5, 5.41) is 15.8. The molecule has 2 aliphatic rings. The van der Waals surface area contributed by atoms with Gasteiger partial charge in [0.2, 0.25) is 11.8 Å². The van der Waals surface area contributed by atoms with Gasteiger partial charge in [0, 0.05) is 11.6 Å². The highest BCUT2D eigenvalue weighted by atomic mass is 16.4. The van der Waals surface area contributed by atoms with E-state index in [0.717, 1.165) is 21.2 Å². The van der Waals surface area contributed by atoms with Gasteiger partial charge in [-0.05, 0) is 53.4 Å².